The molecule has 1 unspecified atom stereocenters. The molecule has 0 saturated heterocycles. The van der Waals surface area contributed by atoms with E-state index in [1.807, 2.05) is 32.0 Å². The molecule has 36 heavy (non-hydrogen) atoms. The minimum atomic E-state index is -5.21. The van der Waals surface area contributed by atoms with Crippen LogP contribution in [0.1, 0.15) is 22.9 Å². The minimum Gasteiger partial charge on any atom is -0.492 e. The second-order valence-electron chi connectivity index (χ2n) is 8.17. The van der Waals surface area contributed by atoms with Gasteiger partial charge in [0, 0.05) is 40.8 Å². The molecule has 0 saturated carbocycles. The van der Waals surface area contributed by atoms with Gasteiger partial charge >= 0.3 is 12.1 Å². The SMILES string of the molecule is Cc1[nH]c2cc(OCCNCC(OC(=O)C(F)(F)F)c3cc(Cl)cc(NS(C)(=O)=O)c3)ccc2c1C. The van der Waals surface area contributed by atoms with E-state index in [1.165, 1.54) is 18.2 Å². The Balaban J connectivity index is 1.66. The summed E-state index contributed by atoms with van der Waals surface area (Å²) in [6, 6.07) is 9.42. The number of anilines is 1. The molecule has 1 heterocycles. The number of nitrogens with one attached hydrogen (secondary N) is 3. The van der Waals surface area contributed by atoms with Gasteiger partial charge in [-0.1, -0.05) is 11.6 Å². The van der Waals surface area contributed by atoms with E-state index in [1.54, 1.807) is 0 Å². The molecule has 0 aliphatic carbocycles. The van der Waals surface area contributed by atoms with Gasteiger partial charge in [-0.3, -0.25) is 4.72 Å². The van der Waals surface area contributed by atoms with Crippen molar-refractivity contribution < 1.29 is 35.9 Å². The zero-order chi connectivity index (χ0) is 26.7. The number of benzene rings is 2. The fourth-order valence-electron chi connectivity index (χ4n) is 3.51. The van der Waals surface area contributed by atoms with Crippen LogP contribution in [0.5, 0.6) is 5.75 Å². The summed E-state index contributed by atoms with van der Waals surface area (Å²) in [6.07, 6.45) is -5.70. The monoisotopic (exact) mass is 547 g/mol. The third kappa shape index (κ3) is 7.52. The number of aromatic amines is 1. The molecule has 8 nitrogen and oxygen atoms in total. The van der Waals surface area contributed by atoms with Crippen molar-refractivity contribution in [1.82, 2.24) is 10.3 Å². The molecule has 0 radical (unpaired) electrons. The number of esters is 1. The molecule has 13 heteroatoms. The van der Waals surface area contributed by atoms with E-state index in [4.69, 9.17) is 16.3 Å². The molecular formula is C23H25ClF3N3O5S. The maximum atomic E-state index is 12.8. The number of ether oxygens (including phenoxy) is 2. The highest BCUT2D eigenvalue weighted by Gasteiger charge is 2.42. The summed E-state index contributed by atoms with van der Waals surface area (Å²) >= 11 is 6.01. The summed E-state index contributed by atoms with van der Waals surface area (Å²) in [4.78, 5) is 14.8. The lowest BCUT2D eigenvalue weighted by Crippen LogP contribution is -2.33. The standard InChI is InChI=1S/C23H25ClF3N3O5S/c1-13-14(2)29-20-11-18(4-5-19(13)20)34-7-6-28-12-21(35-22(31)23(25,26)27)15-8-16(24)10-17(9-15)30-36(3,32)33/h4-5,8-11,21,28-30H,6-7,12H2,1-3H3. The molecule has 0 amide bonds. The van der Waals surface area contributed by atoms with Crippen molar-refractivity contribution in [2.45, 2.75) is 26.1 Å². The first kappa shape index (κ1) is 27.6. The highest BCUT2D eigenvalue weighted by Crippen LogP contribution is 2.29. The minimum absolute atomic E-state index is 0.0153. The third-order valence-corrected chi connectivity index (χ3v) is 6.06. The number of fused-ring (bicyclic) bond motifs is 1. The van der Waals surface area contributed by atoms with E-state index in [2.05, 4.69) is 19.8 Å². The summed E-state index contributed by atoms with van der Waals surface area (Å²) in [5.74, 6) is -1.77. The summed E-state index contributed by atoms with van der Waals surface area (Å²) in [6.45, 7) is 4.18. The molecule has 0 spiro atoms. The highest BCUT2D eigenvalue weighted by molar-refractivity contribution is 7.92. The van der Waals surface area contributed by atoms with Gasteiger partial charge in [0.1, 0.15) is 18.5 Å². The fraction of sp³-hybridized carbons (Fsp3) is 0.348. The van der Waals surface area contributed by atoms with E-state index < -0.39 is 28.3 Å². The molecule has 1 atom stereocenters. The molecule has 0 aliphatic heterocycles. The Bertz CT molecular complexity index is 1360. The zero-order valence-corrected chi connectivity index (χ0v) is 21.2. The lowest BCUT2D eigenvalue weighted by Gasteiger charge is -2.21. The summed E-state index contributed by atoms with van der Waals surface area (Å²) in [5.41, 5.74) is 3.21. The van der Waals surface area contributed by atoms with Gasteiger partial charge in [0.15, 0.2) is 0 Å². The number of aryl methyl sites for hydroxylation is 2. The van der Waals surface area contributed by atoms with Crippen LogP contribution in [-0.2, 0) is 19.6 Å². The lowest BCUT2D eigenvalue weighted by atomic mass is 10.1. The quantitative estimate of drug-likeness (QED) is 0.252. The number of carbonyl (C=O) groups excluding carboxylic acids is 1. The van der Waals surface area contributed by atoms with Gasteiger partial charge in [-0.15, -0.1) is 0 Å². The molecule has 3 aromatic rings. The molecule has 0 aliphatic rings. The number of aromatic nitrogens is 1. The van der Waals surface area contributed by atoms with Crippen LogP contribution in [0.4, 0.5) is 18.9 Å². The Labute approximate surface area is 211 Å². The molecule has 0 bridgehead atoms. The van der Waals surface area contributed by atoms with Crippen molar-refractivity contribution in [1.29, 1.82) is 0 Å². The Morgan fingerprint density at radius 2 is 1.89 bits per heavy atom. The van der Waals surface area contributed by atoms with Gasteiger partial charge in [-0.2, -0.15) is 13.2 Å². The van der Waals surface area contributed by atoms with Gasteiger partial charge in [0.25, 0.3) is 0 Å². The number of sulfonamides is 1. The fourth-order valence-corrected chi connectivity index (χ4v) is 4.30. The largest absolute Gasteiger partial charge is 0.492 e. The molecule has 3 rings (SSSR count). The number of halogens is 4. The topological polar surface area (TPSA) is 110 Å². The van der Waals surface area contributed by atoms with Crippen LogP contribution in [0.25, 0.3) is 10.9 Å². The predicted molar refractivity (Wildman–Crippen MR) is 131 cm³/mol. The Hall–Kier alpha value is -2.96. The molecule has 0 fully saturated rings. The van der Waals surface area contributed by atoms with Crippen LogP contribution >= 0.6 is 11.6 Å². The van der Waals surface area contributed by atoms with Crippen LogP contribution in [-0.4, -0.2) is 51.5 Å². The summed E-state index contributed by atoms with van der Waals surface area (Å²) in [7, 11) is -3.68. The van der Waals surface area contributed by atoms with E-state index in [9.17, 15) is 26.4 Å². The first-order valence-electron chi connectivity index (χ1n) is 10.7. The van der Waals surface area contributed by atoms with E-state index >= 15 is 0 Å². The van der Waals surface area contributed by atoms with Crippen molar-refractivity contribution in [3.63, 3.8) is 0 Å². The molecule has 196 valence electrons. The van der Waals surface area contributed by atoms with Gasteiger partial charge in [-0.25, -0.2) is 13.2 Å². The molecule has 2 aromatic carbocycles. The van der Waals surface area contributed by atoms with Crippen LogP contribution in [0.3, 0.4) is 0 Å². The van der Waals surface area contributed by atoms with Gasteiger partial charge in [0.2, 0.25) is 10.0 Å². The Morgan fingerprint density at radius 3 is 2.56 bits per heavy atom. The zero-order valence-electron chi connectivity index (χ0n) is 19.6. The van der Waals surface area contributed by atoms with Crippen LogP contribution in [0, 0.1) is 13.8 Å². The van der Waals surface area contributed by atoms with Crippen LogP contribution in [0.15, 0.2) is 36.4 Å². The van der Waals surface area contributed by atoms with E-state index in [0.717, 1.165) is 28.4 Å². The number of alkyl halides is 3. The van der Waals surface area contributed by atoms with E-state index in [-0.39, 0.29) is 36.0 Å². The summed E-state index contributed by atoms with van der Waals surface area (Å²) in [5, 5.41) is 4.01. The maximum Gasteiger partial charge on any atom is 0.490 e. The van der Waals surface area contributed by atoms with Crippen molar-refractivity contribution in [2.75, 3.05) is 30.7 Å². The summed E-state index contributed by atoms with van der Waals surface area (Å²) < 4.78 is 74.2. The first-order valence-corrected chi connectivity index (χ1v) is 13.0. The predicted octanol–water partition coefficient (Wildman–Crippen LogP) is 4.62. The van der Waals surface area contributed by atoms with E-state index in [0.29, 0.717) is 5.75 Å². The normalized spacial score (nSPS) is 13.0. The van der Waals surface area contributed by atoms with Crippen LogP contribution in [0.2, 0.25) is 5.02 Å². The second-order valence-corrected chi connectivity index (χ2v) is 10.4. The first-order chi connectivity index (χ1) is 16.7. The third-order valence-electron chi connectivity index (χ3n) is 5.23. The molecular weight excluding hydrogens is 523 g/mol. The number of rotatable bonds is 10. The highest BCUT2D eigenvalue weighted by atomic mass is 35.5. The van der Waals surface area contributed by atoms with Crippen molar-refractivity contribution in [3.8, 4) is 5.75 Å². The Kier molecular flexibility index (Phi) is 8.42. The average molecular weight is 548 g/mol. The van der Waals surface area contributed by atoms with Crippen LogP contribution < -0.4 is 14.8 Å². The van der Waals surface area contributed by atoms with Gasteiger partial charge in [-0.05, 0) is 55.3 Å². The smallest absolute Gasteiger partial charge is 0.490 e. The van der Waals surface area contributed by atoms with Gasteiger partial charge in [0.05, 0.1) is 11.9 Å². The number of hydrogen-bond donors (Lipinski definition) is 3. The number of hydrogen-bond acceptors (Lipinski definition) is 6. The van der Waals surface area contributed by atoms with Gasteiger partial charge < -0.3 is 19.8 Å². The van der Waals surface area contributed by atoms with Crippen molar-refractivity contribution in [3.05, 3.63) is 58.2 Å². The van der Waals surface area contributed by atoms with Crippen molar-refractivity contribution >= 4 is 44.2 Å². The van der Waals surface area contributed by atoms with Crippen molar-refractivity contribution in [2.24, 2.45) is 0 Å². The molecule has 3 N–H and O–H groups in total. The number of carbonyl (C=O) groups is 1. The Morgan fingerprint density at radius 1 is 1.17 bits per heavy atom. The second kappa shape index (κ2) is 11.0. The average Bonchev–Trinajstić information content (AvgIpc) is 3.03. The number of H-pyrrole nitrogens is 1. The lowest BCUT2D eigenvalue weighted by molar-refractivity contribution is -0.205. The maximum absolute atomic E-state index is 12.8. The molecule has 1 aromatic heterocycles.